The van der Waals surface area contributed by atoms with Crippen LogP contribution in [0.4, 0.5) is 10.1 Å². The molecule has 2 amide bonds. The molecule has 2 atom stereocenters. The van der Waals surface area contributed by atoms with Crippen molar-refractivity contribution in [2.24, 2.45) is 0 Å². The number of piperazine rings is 1. The first kappa shape index (κ1) is 25.7. The van der Waals surface area contributed by atoms with Crippen LogP contribution in [0, 0.1) is 5.82 Å². The van der Waals surface area contributed by atoms with Gasteiger partial charge in [0.15, 0.2) is 0 Å². The van der Waals surface area contributed by atoms with Gasteiger partial charge < -0.3 is 15.0 Å². The third kappa shape index (κ3) is 6.04. The fraction of sp³-hybridized carbons (Fsp3) is 0.286. The standard InChI is InChI=1S/C28H29ClFN3O3/c1-2-22-19-32(17-16-31-22)28(35)27(20-8-10-21(30)11-9-20)33(26(34)18-29)23-12-14-25(15-13-23)36-24-6-4-3-5-7-24/h3-15,22,27,31H,2,16-19H2,1H3/t22-,27-/m0/s1. The molecule has 1 aliphatic heterocycles. The number of rotatable bonds is 8. The molecule has 188 valence electrons. The molecule has 0 bridgehead atoms. The van der Waals surface area contributed by atoms with Crippen LogP contribution in [0.1, 0.15) is 24.9 Å². The number of nitrogens with one attached hydrogen (secondary N) is 1. The van der Waals surface area contributed by atoms with Crippen LogP contribution >= 0.6 is 11.6 Å². The molecule has 0 spiro atoms. The van der Waals surface area contributed by atoms with Crippen LogP contribution in [0.15, 0.2) is 78.9 Å². The van der Waals surface area contributed by atoms with Gasteiger partial charge in [-0.1, -0.05) is 37.3 Å². The first-order chi connectivity index (χ1) is 17.5. The van der Waals surface area contributed by atoms with Crippen LogP contribution in [-0.2, 0) is 9.59 Å². The van der Waals surface area contributed by atoms with Crippen molar-refractivity contribution in [3.63, 3.8) is 0 Å². The van der Waals surface area contributed by atoms with E-state index >= 15 is 0 Å². The Hall–Kier alpha value is -3.42. The number of hydrogen-bond acceptors (Lipinski definition) is 4. The molecule has 3 aromatic carbocycles. The number of nitrogens with zero attached hydrogens (tertiary/aromatic N) is 2. The molecule has 0 radical (unpaired) electrons. The number of anilines is 1. The number of carbonyl (C=O) groups is 2. The highest BCUT2D eigenvalue weighted by Crippen LogP contribution is 2.32. The van der Waals surface area contributed by atoms with Gasteiger partial charge in [0, 0.05) is 31.4 Å². The molecule has 1 saturated heterocycles. The lowest BCUT2D eigenvalue weighted by molar-refractivity contribution is -0.135. The van der Waals surface area contributed by atoms with Crippen molar-refractivity contribution < 1.29 is 18.7 Å². The molecular formula is C28H29ClFN3O3. The van der Waals surface area contributed by atoms with Crippen molar-refractivity contribution in [2.45, 2.75) is 25.4 Å². The summed E-state index contributed by atoms with van der Waals surface area (Å²) in [6.45, 7) is 3.76. The predicted molar refractivity (Wildman–Crippen MR) is 139 cm³/mol. The second-order valence-corrected chi connectivity index (χ2v) is 8.87. The van der Waals surface area contributed by atoms with Crippen molar-refractivity contribution in [3.8, 4) is 11.5 Å². The normalized spacial score (nSPS) is 16.3. The van der Waals surface area contributed by atoms with E-state index in [2.05, 4.69) is 12.2 Å². The lowest BCUT2D eigenvalue weighted by atomic mass is 10.0. The van der Waals surface area contributed by atoms with E-state index in [1.807, 2.05) is 30.3 Å². The summed E-state index contributed by atoms with van der Waals surface area (Å²) in [6, 6.07) is 21.1. The number of carbonyl (C=O) groups excluding carboxylic acids is 2. The van der Waals surface area contributed by atoms with Crippen molar-refractivity contribution in [1.29, 1.82) is 0 Å². The summed E-state index contributed by atoms with van der Waals surface area (Å²) in [5.41, 5.74) is 1.00. The number of para-hydroxylation sites is 1. The Labute approximate surface area is 215 Å². The molecule has 4 rings (SSSR count). The van der Waals surface area contributed by atoms with Gasteiger partial charge in [-0.3, -0.25) is 14.5 Å². The SMILES string of the molecule is CC[C@H]1CN(C(=O)[C@H](c2ccc(F)cc2)N(C(=O)CCl)c2ccc(Oc3ccccc3)cc2)CCN1. The second kappa shape index (κ2) is 12.0. The van der Waals surface area contributed by atoms with E-state index in [9.17, 15) is 14.0 Å². The molecule has 0 aromatic heterocycles. The predicted octanol–water partition coefficient (Wildman–Crippen LogP) is 5.14. The molecule has 0 saturated carbocycles. The molecule has 8 heteroatoms. The first-order valence-electron chi connectivity index (χ1n) is 12.0. The lowest BCUT2D eigenvalue weighted by Gasteiger charge is -2.39. The molecule has 1 fully saturated rings. The zero-order chi connectivity index (χ0) is 25.5. The number of ether oxygens (including phenoxy) is 1. The third-order valence-corrected chi connectivity index (χ3v) is 6.44. The van der Waals surface area contributed by atoms with E-state index in [1.54, 1.807) is 41.3 Å². The molecule has 0 unspecified atom stereocenters. The van der Waals surface area contributed by atoms with E-state index in [1.165, 1.54) is 17.0 Å². The number of alkyl halides is 1. The summed E-state index contributed by atoms with van der Waals surface area (Å²) in [5, 5.41) is 3.40. The summed E-state index contributed by atoms with van der Waals surface area (Å²) in [6.07, 6.45) is 0.873. The summed E-state index contributed by atoms with van der Waals surface area (Å²) >= 11 is 6.02. The maximum Gasteiger partial charge on any atom is 0.250 e. The quantitative estimate of drug-likeness (QED) is 0.427. The van der Waals surface area contributed by atoms with Crippen molar-refractivity contribution in [1.82, 2.24) is 10.2 Å². The van der Waals surface area contributed by atoms with E-state index in [4.69, 9.17) is 16.3 Å². The zero-order valence-corrected chi connectivity index (χ0v) is 20.8. The van der Waals surface area contributed by atoms with E-state index in [-0.39, 0.29) is 17.8 Å². The van der Waals surface area contributed by atoms with Crippen molar-refractivity contribution >= 4 is 29.1 Å². The fourth-order valence-corrected chi connectivity index (χ4v) is 4.45. The van der Waals surface area contributed by atoms with Crippen LogP contribution in [0.3, 0.4) is 0 Å². The summed E-state index contributed by atoms with van der Waals surface area (Å²) in [7, 11) is 0. The smallest absolute Gasteiger partial charge is 0.250 e. The maximum absolute atomic E-state index is 13.9. The van der Waals surface area contributed by atoms with Crippen LogP contribution in [-0.4, -0.2) is 48.3 Å². The first-order valence-corrected chi connectivity index (χ1v) is 12.5. The average molecular weight is 510 g/mol. The van der Waals surface area contributed by atoms with Gasteiger partial charge in [0.1, 0.15) is 29.2 Å². The molecule has 1 aliphatic rings. The van der Waals surface area contributed by atoms with Gasteiger partial charge in [-0.25, -0.2) is 4.39 Å². The highest BCUT2D eigenvalue weighted by atomic mass is 35.5. The molecule has 36 heavy (non-hydrogen) atoms. The number of halogens is 2. The maximum atomic E-state index is 13.9. The summed E-state index contributed by atoms with van der Waals surface area (Å²) < 4.78 is 19.6. The van der Waals surface area contributed by atoms with Gasteiger partial charge in [-0.15, -0.1) is 11.6 Å². The van der Waals surface area contributed by atoms with E-state index < -0.39 is 17.8 Å². The number of benzene rings is 3. The summed E-state index contributed by atoms with van der Waals surface area (Å²) in [5.74, 6) is -0.131. The molecule has 1 N–H and O–H groups in total. The van der Waals surface area contributed by atoms with E-state index in [0.717, 1.165) is 6.42 Å². The van der Waals surface area contributed by atoms with Crippen molar-refractivity contribution in [2.75, 3.05) is 30.4 Å². The highest BCUT2D eigenvalue weighted by Gasteiger charge is 2.36. The Morgan fingerprint density at radius 3 is 2.36 bits per heavy atom. The van der Waals surface area contributed by atoms with Crippen LogP contribution in [0.25, 0.3) is 0 Å². The zero-order valence-electron chi connectivity index (χ0n) is 20.1. The third-order valence-electron chi connectivity index (χ3n) is 6.21. The van der Waals surface area contributed by atoms with Gasteiger partial charge >= 0.3 is 0 Å². The highest BCUT2D eigenvalue weighted by molar-refractivity contribution is 6.29. The minimum absolute atomic E-state index is 0.170. The fourth-order valence-electron chi connectivity index (χ4n) is 4.32. The largest absolute Gasteiger partial charge is 0.457 e. The Bertz CT molecular complexity index is 1160. The average Bonchev–Trinajstić information content (AvgIpc) is 2.93. The minimum atomic E-state index is -0.992. The van der Waals surface area contributed by atoms with Gasteiger partial charge in [-0.05, 0) is 60.5 Å². The number of amides is 2. The second-order valence-electron chi connectivity index (χ2n) is 8.60. The molecular weight excluding hydrogens is 481 g/mol. The molecule has 1 heterocycles. The van der Waals surface area contributed by atoms with Gasteiger partial charge in [0.05, 0.1) is 0 Å². The summed E-state index contributed by atoms with van der Waals surface area (Å²) in [4.78, 5) is 30.3. The Morgan fingerprint density at radius 1 is 1.06 bits per heavy atom. The molecule has 6 nitrogen and oxygen atoms in total. The topological polar surface area (TPSA) is 61.9 Å². The van der Waals surface area contributed by atoms with Gasteiger partial charge in [0.2, 0.25) is 5.91 Å². The Morgan fingerprint density at radius 2 is 1.72 bits per heavy atom. The van der Waals surface area contributed by atoms with E-state index in [0.29, 0.717) is 42.4 Å². The van der Waals surface area contributed by atoms with Gasteiger partial charge in [0.25, 0.3) is 5.91 Å². The van der Waals surface area contributed by atoms with Crippen LogP contribution in [0.2, 0.25) is 0 Å². The van der Waals surface area contributed by atoms with Crippen LogP contribution < -0.4 is 15.0 Å². The van der Waals surface area contributed by atoms with Crippen LogP contribution in [0.5, 0.6) is 11.5 Å². The monoisotopic (exact) mass is 509 g/mol. The number of hydrogen-bond donors (Lipinski definition) is 1. The lowest BCUT2D eigenvalue weighted by Crippen LogP contribution is -2.55. The molecule has 3 aromatic rings. The van der Waals surface area contributed by atoms with Crippen molar-refractivity contribution in [3.05, 3.63) is 90.2 Å². The minimum Gasteiger partial charge on any atom is -0.457 e. The van der Waals surface area contributed by atoms with Gasteiger partial charge in [-0.2, -0.15) is 0 Å². The Kier molecular flexibility index (Phi) is 8.57. The molecule has 0 aliphatic carbocycles. The Balaban J connectivity index is 1.69.